The molecule has 2 rings (SSSR count). The molecule has 1 amide bonds. The predicted octanol–water partition coefficient (Wildman–Crippen LogP) is 1.61. The molecule has 5 heteroatoms. The van der Waals surface area contributed by atoms with Crippen LogP contribution in [-0.4, -0.2) is 15.7 Å². The van der Waals surface area contributed by atoms with Gasteiger partial charge in [-0.15, -0.1) is 0 Å². The number of rotatable bonds is 4. The normalized spacial score (nSPS) is 10.3. The SMILES string of the molecule is CCn1cc(NC(=O)c2ccc(CN)cc2)cn1. The number of benzene rings is 1. The molecule has 3 N–H and O–H groups in total. The van der Waals surface area contributed by atoms with E-state index in [9.17, 15) is 4.79 Å². The summed E-state index contributed by atoms with van der Waals surface area (Å²) in [4.78, 5) is 11.9. The first-order valence-electron chi connectivity index (χ1n) is 5.85. The van der Waals surface area contributed by atoms with E-state index in [1.54, 1.807) is 29.2 Å². The van der Waals surface area contributed by atoms with Crippen molar-refractivity contribution < 1.29 is 4.79 Å². The molecular weight excluding hydrogens is 228 g/mol. The Bertz CT molecular complexity index is 530. The third kappa shape index (κ3) is 2.75. The summed E-state index contributed by atoms with van der Waals surface area (Å²) in [7, 11) is 0. The molecule has 0 aliphatic rings. The minimum atomic E-state index is -0.144. The number of nitrogens with one attached hydrogen (secondary N) is 1. The maximum absolute atomic E-state index is 11.9. The van der Waals surface area contributed by atoms with Crippen LogP contribution in [0, 0.1) is 0 Å². The van der Waals surface area contributed by atoms with Gasteiger partial charge < -0.3 is 11.1 Å². The minimum Gasteiger partial charge on any atom is -0.326 e. The fourth-order valence-corrected chi connectivity index (χ4v) is 1.60. The standard InChI is InChI=1S/C13H16N4O/c1-2-17-9-12(8-15-17)16-13(18)11-5-3-10(7-14)4-6-11/h3-6,8-9H,2,7,14H2,1H3,(H,16,18). The van der Waals surface area contributed by atoms with Crippen molar-refractivity contribution in [1.82, 2.24) is 9.78 Å². The van der Waals surface area contributed by atoms with E-state index in [1.165, 1.54) is 0 Å². The van der Waals surface area contributed by atoms with E-state index in [4.69, 9.17) is 5.73 Å². The molecule has 1 aromatic heterocycles. The zero-order chi connectivity index (χ0) is 13.0. The average molecular weight is 244 g/mol. The Kier molecular flexibility index (Phi) is 3.74. The molecule has 0 radical (unpaired) electrons. The smallest absolute Gasteiger partial charge is 0.255 e. The molecule has 0 spiro atoms. The number of aromatic nitrogens is 2. The van der Waals surface area contributed by atoms with Crippen molar-refractivity contribution >= 4 is 11.6 Å². The third-order valence-corrected chi connectivity index (χ3v) is 2.67. The van der Waals surface area contributed by atoms with Gasteiger partial charge in [-0.1, -0.05) is 12.1 Å². The molecule has 0 saturated carbocycles. The van der Waals surface area contributed by atoms with E-state index >= 15 is 0 Å². The van der Waals surface area contributed by atoms with Gasteiger partial charge >= 0.3 is 0 Å². The molecule has 1 heterocycles. The van der Waals surface area contributed by atoms with Crippen molar-refractivity contribution in [2.75, 3.05) is 5.32 Å². The second kappa shape index (κ2) is 5.46. The van der Waals surface area contributed by atoms with Gasteiger partial charge in [0.15, 0.2) is 0 Å². The van der Waals surface area contributed by atoms with Crippen molar-refractivity contribution in [2.45, 2.75) is 20.0 Å². The van der Waals surface area contributed by atoms with Gasteiger partial charge in [-0.2, -0.15) is 5.10 Å². The highest BCUT2D eigenvalue weighted by molar-refractivity contribution is 6.04. The fraction of sp³-hybridized carbons (Fsp3) is 0.231. The largest absolute Gasteiger partial charge is 0.326 e. The predicted molar refractivity (Wildman–Crippen MR) is 70.2 cm³/mol. The summed E-state index contributed by atoms with van der Waals surface area (Å²) in [5.74, 6) is -0.144. The Labute approximate surface area is 106 Å². The van der Waals surface area contributed by atoms with Crippen molar-refractivity contribution in [3.05, 3.63) is 47.8 Å². The molecule has 18 heavy (non-hydrogen) atoms. The lowest BCUT2D eigenvalue weighted by atomic mass is 10.1. The number of carbonyl (C=O) groups excluding carboxylic acids is 1. The Morgan fingerprint density at radius 3 is 2.67 bits per heavy atom. The molecule has 94 valence electrons. The number of hydrogen-bond donors (Lipinski definition) is 2. The Balaban J connectivity index is 2.06. The minimum absolute atomic E-state index is 0.144. The average Bonchev–Trinajstić information content (AvgIpc) is 2.86. The van der Waals surface area contributed by atoms with Crippen LogP contribution in [0.2, 0.25) is 0 Å². The van der Waals surface area contributed by atoms with Crippen molar-refractivity contribution in [3.8, 4) is 0 Å². The van der Waals surface area contributed by atoms with Crippen LogP contribution in [0.3, 0.4) is 0 Å². The number of carbonyl (C=O) groups is 1. The van der Waals surface area contributed by atoms with Gasteiger partial charge in [0.25, 0.3) is 5.91 Å². The third-order valence-electron chi connectivity index (χ3n) is 2.67. The van der Waals surface area contributed by atoms with Crippen molar-refractivity contribution in [1.29, 1.82) is 0 Å². The molecular formula is C13H16N4O. The summed E-state index contributed by atoms with van der Waals surface area (Å²) in [5, 5.41) is 6.89. The molecule has 0 fully saturated rings. The summed E-state index contributed by atoms with van der Waals surface area (Å²) >= 11 is 0. The topological polar surface area (TPSA) is 72.9 Å². The Morgan fingerprint density at radius 1 is 1.39 bits per heavy atom. The van der Waals surface area contributed by atoms with Crippen molar-refractivity contribution in [3.63, 3.8) is 0 Å². The van der Waals surface area contributed by atoms with Crippen LogP contribution in [0.5, 0.6) is 0 Å². The first-order valence-corrected chi connectivity index (χ1v) is 5.85. The van der Waals surface area contributed by atoms with Crippen molar-refractivity contribution in [2.24, 2.45) is 5.73 Å². The van der Waals surface area contributed by atoms with Crippen LogP contribution in [0.15, 0.2) is 36.7 Å². The maximum Gasteiger partial charge on any atom is 0.255 e. The lowest BCUT2D eigenvalue weighted by molar-refractivity contribution is 0.102. The van der Waals surface area contributed by atoms with Gasteiger partial charge in [0.05, 0.1) is 11.9 Å². The highest BCUT2D eigenvalue weighted by atomic mass is 16.1. The molecule has 5 nitrogen and oxygen atoms in total. The van der Waals surface area contributed by atoms with E-state index < -0.39 is 0 Å². The lowest BCUT2D eigenvalue weighted by Gasteiger charge is -2.03. The summed E-state index contributed by atoms with van der Waals surface area (Å²) < 4.78 is 1.76. The molecule has 1 aromatic carbocycles. The van der Waals surface area contributed by atoms with Gasteiger partial charge in [-0.05, 0) is 24.6 Å². The zero-order valence-electron chi connectivity index (χ0n) is 10.3. The Hall–Kier alpha value is -2.14. The second-order valence-electron chi connectivity index (χ2n) is 3.94. The van der Waals surface area contributed by atoms with Gasteiger partial charge in [0, 0.05) is 24.8 Å². The van der Waals surface area contributed by atoms with E-state index in [0.717, 1.165) is 12.1 Å². The molecule has 0 saturated heterocycles. The lowest BCUT2D eigenvalue weighted by Crippen LogP contribution is -2.11. The van der Waals surface area contributed by atoms with Gasteiger partial charge in [0.2, 0.25) is 0 Å². The Morgan fingerprint density at radius 2 is 2.11 bits per heavy atom. The maximum atomic E-state index is 11.9. The van der Waals surface area contributed by atoms with Crippen LogP contribution in [0.1, 0.15) is 22.8 Å². The molecule has 0 aliphatic carbocycles. The number of nitrogens with two attached hydrogens (primary N) is 1. The van der Waals surface area contributed by atoms with E-state index in [1.807, 2.05) is 19.1 Å². The highest BCUT2D eigenvalue weighted by Gasteiger charge is 2.06. The monoisotopic (exact) mass is 244 g/mol. The number of nitrogens with zero attached hydrogens (tertiary/aromatic N) is 2. The number of amides is 1. The van der Waals surface area contributed by atoms with Crippen LogP contribution < -0.4 is 11.1 Å². The zero-order valence-corrected chi connectivity index (χ0v) is 10.3. The molecule has 0 aliphatic heterocycles. The molecule has 0 bridgehead atoms. The van der Waals surface area contributed by atoms with Gasteiger partial charge in [0.1, 0.15) is 0 Å². The first kappa shape index (κ1) is 12.3. The summed E-state index contributed by atoms with van der Waals surface area (Å²) in [6, 6.07) is 7.23. The van der Waals surface area contributed by atoms with Crippen LogP contribution >= 0.6 is 0 Å². The van der Waals surface area contributed by atoms with E-state index in [-0.39, 0.29) is 5.91 Å². The van der Waals surface area contributed by atoms with Crippen LogP contribution in [0.25, 0.3) is 0 Å². The first-order chi connectivity index (χ1) is 8.72. The second-order valence-corrected chi connectivity index (χ2v) is 3.94. The van der Waals surface area contributed by atoms with Gasteiger partial charge in [-0.25, -0.2) is 0 Å². The number of aryl methyl sites for hydroxylation is 1. The molecule has 0 unspecified atom stereocenters. The van der Waals surface area contributed by atoms with E-state index in [2.05, 4.69) is 10.4 Å². The summed E-state index contributed by atoms with van der Waals surface area (Å²) in [5.41, 5.74) is 7.82. The summed E-state index contributed by atoms with van der Waals surface area (Å²) in [6.45, 7) is 3.25. The molecule has 2 aromatic rings. The van der Waals surface area contributed by atoms with Crippen LogP contribution in [-0.2, 0) is 13.1 Å². The number of hydrogen-bond acceptors (Lipinski definition) is 3. The number of anilines is 1. The fourth-order valence-electron chi connectivity index (χ4n) is 1.60. The molecule has 0 atom stereocenters. The van der Waals surface area contributed by atoms with Gasteiger partial charge in [-0.3, -0.25) is 9.48 Å². The van der Waals surface area contributed by atoms with E-state index in [0.29, 0.717) is 17.8 Å². The highest BCUT2D eigenvalue weighted by Crippen LogP contribution is 2.09. The van der Waals surface area contributed by atoms with Crippen LogP contribution in [0.4, 0.5) is 5.69 Å². The summed E-state index contributed by atoms with van der Waals surface area (Å²) in [6.07, 6.45) is 3.43. The quantitative estimate of drug-likeness (QED) is 0.858.